The lowest BCUT2D eigenvalue weighted by molar-refractivity contribution is 0.118. The highest BCUT2D eigenvalue weighted by Crippen LogP contribution is 2.44. The first-order chi connectivity index (χ1) is 9.17. The average Bonchev–Trinajstić information content (AvgIpc) is 3.23. The molecule has 3 nitrogen and oxygen atoms in total. The molecule has 1 saturated carbocycles. The van der Waals surface area contributed by atoms with Crippen LogP contribution in [0.15, 0.2) is 24.3 Å². The summed E-state index contributed by atoms with van der Waals surface area (Å²) in [6.45, 7) is 6.64. The van der Waals surface area contributed by atoms with Crippen LogP contribution in [0.4, 0.5) is 5.69 Å². The lowest BCUT2D eigenvalue weighted by Crippen LogP contribution is -2.59. The van der Waals surface area contributed by atoms with Gasteiger partial charge >= 0.3 is 0 Å². The maximum Gasteiger partial charge on any atom is 0.0784 e. The number of nitrogens with two attached hydrogens (primary N) is 1. The molecule has 1 atom stereocenters. The van der Waals surface area contributed by atoms with Crippen molar-refractivity contribution in [3.63, 3.8) is 0 Å². The molecule has 2 N–H and O–H groups in total. The zero-order valence-corrected chi connectivity index (χ0v) is 12.4. The maximum atomic E-state index is 6.16. The van der Waals surface area contributed by atoms with Gasteiger partial charge in [-0.25, -0.2) is 0 Å². The van der Waals surface area contributed by atoms with Crippen LogP contribution in [0.2, 0.25) is 0 Å². The summed E-state index contributed by atoms with van der Waals surface area (Å²) in [7, 11) is 1.77. The van der Waals surface area contributed by atoms with E-state index >= 15 is 0 Å². The molecule has 1 unspecified atom stereocenters. The number of rotatable bonds is 7. The van der Waals surface area contributed by atoms with Gasteiger partial charge in [0.2, 0.25) is 0 Å². The van der Waals surface area contributed by atoms with Gasteiger partial charge in [0.1, 0.15) is 0 Å². The fraction of sp³-hybridized carbons (Fsp3) is 0.625. The Balaban J connectivity index is 2.36. The maximum absolute atomic E-state index is 6.16. The second kappa shape index (κ2) is 5.93. The Hall–Kier alpha value is -1.06. The van der Waals surface area contributed by atoms with E-state index in [1.54, 1.807) is 7.11 Å². The van der Waals surface area contributed by atoms with Gasteiger partial charge in [-0.15, -0.1) is 0 Å². The SMILES string of the molecule is CCN(c1cccc(C)c1)C(CN)(COC)C1CC1. The molecule has 1 aliphatic rings. The number of anilines is 1. The van der Waals surface area contributed by atoms with E-state index in [2.05, 4.69) is 43.0 Å². The van der Waals surface area contributed by atoms with Gasteiger partial charge in [-0.1, -0.05) is 12.1 Å². The van der Waals surface area contributed by atoms with E-state index in [0.29, 0.717) is 19.1 Å². The standard InChI is InChI=1S/C16H26N2O/c1-4-18(15-7-5-6-13(2)10-15)16(11-17,12-19-3)14-8-9-14/h5-7,10,14H,4,8-9,11-12,17H2,1-3H3. The Morgan fingerprint density at radius 3 is 2.63 bits per heavy atom. The van der Waals surface area contributed by atoms with Crippen molar-refractivity contribution >= 4 is 5.69 Å². The normalized spacial score (nSPS) is 18.1. The van der Waals surface area contributed by atoms with Crippen LogP contribution in [0, 0.1) is 12.8 Å². The smallest absolute Gasteiger partial charge is 0.0784 e. The molecule has 1 fully saturated rings. The number of likely N-dealkylation sites (N-methyl/N-ethyl adjacent to an activating group) is 1. The minimum absolute atomic E-state index is 0.0444. The number of ether oxygens (including phenoxy) is 1. The molecule has 0 aromatic heterocycles. The lowest BCUT2D eigenvalue weighted by atomic mass is 9.90. The van der Waals surface area contributed by atoms with Crippen LogP contribution < -0.4 is 10.6 Å². The topological polar surface area (TPSA) is 38.5 Å². The first-order valence-electron chi connectivity index (χ1n) is 7.21. The molecule has 0 amide bonds. The molecule has 1 aromatic carbocycles. The molecular formula is C16H26N2O. The molecule has 1 aromatic rings. The van der Waals surface area contributed by atoms with E-state index in [0.717, 1.165) is 6.54 Å². The van der Waals surface area contributed by atoms with Crippen LogP contribution in [0.5, 0.6) is 0 Å². The van der Waals surface area contributed by atoms with E-state index < -0.39 is 0 Å². The fourth-order valence-electron chi connectivity index (χ4n) is 3.17. The number of methoxy groups -OCH3 is 1. The Morgan fingerprint density at radius 2 is 2.16 bits per heavy atom. The summed E-state index contributed by atoms with van der Waals surface area (Å²) >= 11 is 0. The van der Waals surface area contributed by atoms with Crippen molar-refractivity contribution in [2.24, 2.45) is 11.7 Å². The Labute approximate surface area is 116 Å². The number of hydrogen-bond donors (Lipinski definition) is 1. The van der Waals surface area contributed by atoms with E-state index in [-0.39, 0.29) is 5.54 Å². The molecule has 106 valence electrons. The van der Waals surface area contributed by atoms with Gasteiger partial charge in [-0.3, -0.25) is 0 Å². The molecule has 2 rings (SSSR count). The van der Waals surface area contributed by atoms with Crippen LogP contribution in [0.1, 0.15) is 25.3 Å². The highest BCUT2D eigenvalue weighted by Gasteiger charge is 2.48. The second-order valence-corrected chi connectivity index (χ2v) is 5.60. The monoisotopic (exact) mass is 262 g/mol. The summed E-state index contributed by atoms with van der Waals surface area (Å²) in [4.78, 5) is 2.45. The van der Waals surface area contributed by atoms with E-state index in [9.17, 15) is 0 Å². The van der Waals surface area contributed by atoms with E-state index in [1.807, 2.05) is 0 Å². The van der Waals surface area contributed by atoms with Gasteiger partial charge in [-0.2, -0.15) is 0 Å². The largest absolute Gasteiger partial charge is 0.382 e. The van der Waals surface area contributed by atoms with Gasteiger partial charge in [0, 0.05) is 25.9 Å². The highest BCUT2D eigenvalue weighted by molar-refractivity contribution is 5.52. The van der Waals surface area contributed by atoms with Crippen molar-refractivity contribution in [3.8, 4) is 0 Å². The molecule has 0 heterocycles. The molecule has 0 aliphatic heterocycles. The molecule has 0 spiro atoms. The fourth-order valence-corrected chi connectivity index (χ4v) is 3.17. The van der Waals surface area contributed by atoms with Crippen molar-refractivity contribution in [3.05, 3.63) is 29.8 Å². The van der Waals surface area contributed by atoms with Crippen LogP contribution in [0.25, 0.3) is 0 Å². The Kier molecular flexibility index (Phi) is 4.48. The third-order valence-electron chi connectivity index (χ3n) is 4.25. The van der Waals surface area contributed by atoms with Gasteiger partial charge in [0.15, 0.2) is 0 Å². The summed E-state index contributed by atoms with van der Waals surface area (Å²) in [5, 5.41) is 0. The molecule has 0 saturated heterocycles. The predicted molar refractivity (Wildman–Crippen MR) is 80.6 cm³/mol. The number of nitrogens with zero attached hydrogens (tertiary/aromatic N) is 1. The van der Waals surface area contributed by atoms with E-state index in [4.69, 9.17) is 10.5 Å². The third-order valence-corrected chi connectivity index (χ3v) is 4.25. The lowest BCUT2D eigenvalue weighted by Gasteiger charge is -2.44. The summed E-state index contributed by atoms with van der Waals surface area (Å²) in [5.74, 6) is 0.665. The van der Waals surface area contributed by atoms with Crippen molar-refractivity contribution < 1.29 is 4.74 Å². The van der Waals surface area contributed by atoms with Crippen molar-refractivity contribution in [1.82, 2.24) is 0 Å². The first kappa shape index (κ1) is 14.4. The zero-order chi connectivity index (χ0) is 13.9. The number of hydrogen-bond acceptors (Lipinski definition) is 3. The summed E-state index contributed by atoms with van der Waals surface area (Å²) < 4.78 is 5.51. The summed E-state index contributed by atoms with van der Waals surface area (Å²) in [6, 6.07) is 8.67. The molecular weight excluding hydrogens is 236 g/mol. The molecule has 3 heteroatoms. The van der Waals surface area contributed by atoms with Crippen LogP contribution in [-0.4, -0.2) is 32.3 Å². The van der Waals surface area contributed by atoms with Crippen LogP contribution >= 0.6 is 0 Å². The molecule has 1 aliphatic carbocycles. The summed E-state index contributed by atoms with van der Waals surface area (Å²) in [5.41, 5.74) is 8.67. The minimum Gasteiger partial charge on any atom is -0.382 e. The van der Waals surface area contributed by atoms with Gasteiger partial charge in [0.25, 0.3) is 0 Å². The zero-order valence-electron chi connectivity index (χ0n) is 12.4. The predicted octanol–water partition coefficient (Wildman–Crippen LogP) is 2.58. The molecule has 19 heavy (non-hydrogen) atoms. The quantitative estimate of drug-likeness (QED) is 0.821. The van der Waals surface area contributed by atoms with Crippen molar-refractivity contribution in [2.45, 2.75) is 32.2 Å². The van der Waals surface area contributed by atoms with Gasteiger partial charge in [-0.05, 0) is 50.3 Å². The van der Waals surface area contributed by atoms with Crippen molar-refractivity contribution in [1.29, 1.82) is 0 Å². The number of aryl methyl sites for hydroxylation is 1. The molecule has 0 radical (unpaired) electrons. The molecule has 0 bridgehead atoms. The van der Waals surface area contributed by atoms with Crippen LogP contribution in [-0.2, 0) is 4.74 Å². The number of benzene rings is 1. The van der Waals surface area contributed by atoms with Crippen LogP contribution in [0.3, 0.4) is 0 Å². The first-order valence-corrected chi connectivity index (χ1v) is 7.21. The Bertz CT molecular complexity index is 417. The van der Waals surface area contributed by atoms with Gasteiger partial charge in [0.05, 0.1) is 12.1 Å². The Morgan fingerprint density at radius 1 is 1.42 bits per heavy atom. The average molecular weight is 262 g/mol. The summed E-state index contributed by atoms with van der Waals surface area (Å²) in [6.07, 6.45) is 2.53. The van der Waals surface area contributed by atoms with E-state index in [1.165, 1.54) is 24.1 Å². The van der Waals surface area contributed by atoms with Gasteiger partial charge < -0.3 is 15.4 Å². The third kappa shape index (κ3) is 2.77. The minimum atomic E-state index is -0.0444. The highest BCUT2D eigenvalue weighted by atomic mass is 16.5. The van der Waals surface area contributed by atoms with Crippen molar-refractivity contribution in [2.75, 3.05) is 31.7 Å². The second-order valence-electron chi connectivity index (χ2n) is 5.60.